The van der Waals surface area contributed by atoms with Gasteiger partial charge in [0.15, 0.2) is 11.5 Å². The van der Waals surface area contributed by atoms with E-state index in [9.17, 15) is 14.9 Å². The molecular weight excluding hydrogens is 424 g/mol. The van der Waals surface area contributed by atoms with Crippen molar-refractivity contribution in [3.8, 4) is 23.0 Å². The molecule has 0 atom stereocenters. The van der Waals surface area contributed by atoms with Crippen molar-refractivity contribution in [1.82, 2.24) is 10.2 Å². The van der Waals surface area contributed by atoms with Crippen LogP contribution < -0.4 is 10.1 Å². The number of benzene rings is 2. The first-order valence-electron chi connectivity index (χ1n) is 9.03. The molecule has 0 aliphatic rings. The Morgan fingerprint density at radius 3 is 2.77 bits per heavy atom. The smallest absolute Gasteiger partial charge is 0.276 e. The van der Waals surface area contributed by atoms with E-state index in [1.807, 2.05) is 0 Å². The van der Waals surface area contributed by atoms with Gasteiger partial charge in [-0.1, -0.05) is 11.6 Å². The van der Waals surface area contributed by atoms with Crippen LogP contribution in [0.3, 0.4) is 0 Å². The molecule has 4 aromatic rings. The predicted molar refractivity (Wildman–Crippen MR) is 114 cm³/mol. The highest BCUT2D eigenvalue weighted by molar-refractivity contribution is 6.30. The lowest BCUT2D eigenvalue weighted by atomic mass is 10.2. The molecule has 0 saturated heterocycles. The summed E-state index contributed by atoms with van der Waals surface area (Å²) in [7, 11) is 0. The number of halogens is 1. The van der Waals surface area contributed by atoms with Gasteiger partial charge in [-0.3, -0.25) is 20.0 Å². The molecular formula is C21H15ClN4O5. The lowest BCUT2D eigenvalue weighted by molar-refractivity contribution is -0.384. The van der Waals surface area contributed by atoms with Crippen LogP contribution in [0.25, 0.3) is 11.5 Å². The van der Waals surface area contributed by atoms with E-state index in [0.29, 0.717) is 22.2 Å². The maximum absolute atomic E-state index is 12.6. The normalized spacial score (nSPS) is 10.6. The summed E-state index contributed by atoms with van der Waals surface area (Å²) < 4.78 is 11.0. The van der Waals surface area contributed by atoms with Crippen molar-refractivity contribution in [3.63, 3.8) is 0 Å². The van der Waals surface area contributed by atoms with Crippen LogP contribution in [-0.4, -0.2) is 21.0 Å². The summed E-state index contributed by atoms with van der Waals surface area (Å²) in [6.07, 6.45) is 1.50. The molecule has 0 aliphatic carbocycles. The Hall–Kier alpha value is -4.11. The van der Waals surface area contributed by atoms with Gasteiger partial charge in [-0.15, -0.1) is 0 Å². The summed E-state index contributed by atoms with van der Waals surface area (Å²) >= 11 is 5.96. The molecule has 0 bridgehead atoms. The number of anilines is 1. The number of aromatic amines is 1. The molecule has 4 rings (SSSR count). The highest BCUT2D eigenvalue weighted by Gasteiger charge is 2.17. The first-order chi connectivity index (χ1) is 14.9. The molecule has 31 heavy (non-hydrogen) atoms. The van der Waals surface area contributed by atoms with Crippen molar-refractivity contribution in [2.24, 2.45) is 0 Å². The number of aromatic nitrogens is 2. The second-order valence-electron chi connectivity index (χ2n) is 6.58. The fourth-order valence-electron chi connectivity index (χ4n) is 2.87. The van der Waals surface area contributed by atoms with Crippen molar-refractivity contribution in [2.75, 3.05) is 5.32 Å². The number of H-pyrrole nitrogens is 1. The molecule has 0 spiro atoms. The monoisotopic (exact) mass is 438 g/mol. The average Bonchev–Trinajstić information content (AvgIpc) is 3.41. The van der Waals surface area contributed by atoms with Gasteiger partial charge in [0.1, 0.15) is 17.2 Å². The maximum atomic E-state index is 12.6. The fraction of sp³-hybridized carbons (Fsp3) is 0.0476. The van der Waals surface area contributed by atoms with E-state index in [1.165, 1.54) is 30.5 Å². The molecule has 10 heteroatoms. The third-order valence-electron chi connectivity index (χ3n) is 4.32. The van der Waals surface area contributed by atoms with Gasteiger partial charge in [0.25, 0.3) is 11.6 Å². The molecule has 1 amide bonds. The molecule has 0 unspecified atom stereocenters. The van der Waals surface area contributed by atoms with E-state index in [1.54, 1.807) is 37.3 Å². The molecule has 0 saturated carbocycles. The van der Waals surface area contributed by atoms with E-state index in [2.05, 4.69) is 15.5 Å². The van der Waals surface area contributed by atoms with Crippen LogP contribution in [0.15, 0.2) is 65.3 Å². The number of nitro groups is 1. The number of ether oxygens (including phenoxy) is 1. The van der Waals surface area contributed by atoms with E-state index >= 15 is 0 Å². The zero-order chi connectivity index (χ0) is 22.0. The minimum atomic E-state index is -0.569. The van der Waals surface area contributed by atoms with Gasteiger partial charge >= 0.3 is 0 Å². The number of carbonyl (C=O) groups excluding carboxylic acids is 1. The molecule has 9 nitrogen and oxygen atoms in total. The highest BCUT2D eigenvalue weighted by atomic mass is 35.5. The number of amides is 1. The van der Waals surface area contributed by atoms with Gasteiger partial charge in [-0.25, -0.2) is 0 Å². The van der Waals surface area contributed by atoms with Crippen LogP contribution in [0.1, 0.15) is 16.1 Å². The highest BCUT2D eigenvalue weighted by Crippen LogP contribution is 2.32. The third-order valence-corrected chi connectivity index (χ3v) is 4.56. The predicted octanol–water partition coefficient (Wildman–Crippen LogP) is 5.58. The Morgan fingerprint density at radius 1 is 1.23 bits per heavy atom. The Balaban J connectivity index is 1.59. The third kappa shape index (κ3) is 4.57. The van der Waals surface area contributed by atoms with Crippen molar-refractivity contribution < 1.29 is 18.9 Å². The number of aryl methyl sites for hydroxylation is 1. The van der Waals surface area contributed by atoms with Crippen molar-refractivity contribution in [3.05, 3.63) is 87.3 Å². The summed E-state index contributed by atoms with van der Waals surface area (Å²) in [4.78, 5) is 23.4. The second kappa shape index (κ2) is 8.33. The van der Waals surface area contributed by atoms with E-state index < -0.39 is 10.8 Å². The van der Waals surface area contributed by atoms with Gasteiger partial charge in [0.05, 0.1) is 22.9 Å². The molecule has 0 aliphatic heterocycles. The Labute approximate surface area is 180 Å². The number of hydrogen-bond acceptors (Lipinski definition) is 6. The number of nitrogens with one attached hydrogen (secondary N) is 2. The van der Waals surface area contributed by atoms with Crippen molar-refractivity contribution in [1.29, 1.82) is 0 Å². The molecule has 2 N–H and O–H groups in total. The number of nitrogens with zero attached hydrogens (tertiary/aromatic N) is 2. The van der Waals surface area contributed by atoms with E-state index in [0.717, 1.165) is 5.56 Å². The van der Waals surface area contributed by atoms with Crippen LogP contribution in [0, 0.1) is 17.0 Å². The fourth-order valence-corrected chi connectivity index (χ4v) is 3.09. The van der Waals surface area contributed by atoms with Crippen LogP contribution >= 0.6 is 11.6 Å². The molecule has 0 fully saturated rings. The molecule has 2 aromatic carbocycles. The molecule has 2 heterocycles. The quantitative estimate of drug-likeness (QED) is 0.299. The zero-order valence-electron chi connectivity index (χ0n) is 16.1. The Bertz CT molecular complexity index is 1270. The van der Waals surface area contributed by atoms with Gasteiger partial charge in [0, 0.05) is 23.2 Å². The minimum Gasteiger partial charge on any atom is -0.463 e. The number of rotatable bonds is 6. The summed E-state index contributed by atoms with van der Waals surface area (Å²) in [6.45, 7) is 1.80. The molecule has 0 radical (unpaired) electrons. The van der Waals surface area contributed by atoms with E-state index in [-0.39, 0.29) is 22.8 Å². The molecule has 2 aromatic heterocycles. The first-order valence-corrected chi connectivity index (χ1v) is 9.41. The number of nitro benzene ring substituents is 1. The van der Waals surface area contributed by atoms with Gasteiger partial charge in [-0.05, 0) is 42.8 Å². The lowest BCUT2D eigenvalue weighted by Crippen LogP contribution is -2.12. The van der Waals surface area contributed by atoms with Gasteiger partial charge < -0.3 is 14.5 Å². The van der Waals surface area contributed by atoms with Crippen LogP contribution in [0.4, 0.5) is 11.4 Å². The summed E-state index contributed by atoms with van der Waals surface area (Å²) in [5.74, 6) is 0.643. The maximum Gasteiger partial charge on any atom is 0.276 e. The Kier molecular flexibility index (Phi) is 5.42. The SMILES string of the molecule is Cc1cc(Cl)ccc1Oc1cc(NC(=O)c2cc(-c3ccco3)[nH]n2)cc([N+](=O)[O-])c1. The minimum absolute atomic E-state index is 0.0916. The number of furan rings is 1. The Morgan fingerprint density at radius 2 is 2.06 bits per heavy atom. The average molecular weight is 439 g/mol. The number of carbonyl (C=O) groups is 1. The summed E-state index contributed by atoms with van der Waals surface area (Å²) in [5.41, 5.74) is 1.32. The molecule has 156 valence electrons. The lowest BCUT2D eigenvalue weighted by Gasteiger charge is -2.11. The van der Waals surface area contributed by atoms with Gasteiger partial charge in [-0.2, -0.15) is 5.10 Å². The van der Waals surface area contributed by atoms with Crippen LogP contribution in [-0.2, 0) is 0 Å². The van der Waals surface area contributed by atoms with Crippen LogP contribution in [0.5, 0.6) is 11.5 Å². The van der Waals surface area contributed by atoms with Crippen molar-refractivity contribution >= 4 is 28.9 Å². The summed E-state index contributed by atoms with van der Waals surface area (Å²) in [5, 5.41) is 21.2. The standard InChI is InChI=1S/C21H15ClN4O5/c1-12-7-13(22)4-5-19(12)31-16-9-14(8-15(10-16)26(28)29)23-21(27)18-11-17(24-25-18)20-3-2-6-30-20/h2-11H,1H3,(H,23,27)(H,24,25). The number of hydrogen-bond donors (Lipinski definition) is 2. The topological polar surface area (TPSA) is 123 Å². The second-order valence-corrected chi connectivity index (χ2v) is 7.02. The van der Waals surface area contributed by atoms with Gasteiger partial charge in [0.2, 0.25) is 0 Å². The first kappa shape index (κ1) is 20.2. The van der Waals surface area contributed by atoms with Crippen LogP contribution in [0.2, 0.25) is 5.02 Å². The van der Waals surface area contributed by atoms with Crippen molar-refractivity contribution in [2.45, 2.75) is 6.92 Å². The summed E-state index contributed by atoms with van der Waals surface area (Å²) in [6, 6.07) is 14.0. The zero-order valence-corrected chi connectivity index (χ0v) is 16.8. The van der Waals surface area contributed by atoms with E-state index in [4.69, 9.17) is 20.8 Å². The largest absolute Gasteiger partial charge is 0.463 e. The number of non-ortho nitro benzene ring substituents is 1.